The van der Waals surface area contributed by atoms with Crippen molar-refractivity contribution in [2.24, 2.45) is 5.92 Å². The summed E-state index contributed by atoms with van der Waals surface area (Å²) in [6.45, 7) is 2.84. The van der Waals surface area contributed by atoms with Gasteiger partial charge in [0, 0.05) is 46.1 Å². The summed E-state index contributed by atoms with van der Waals surface area (Å²) >= 11 is 0. The van der Waals surface area contributed by atoms with Crippen LogP contribution < -0.4 is 14.4 Å². The lowest BCUT2D eigenvalue weighted by Crippen LogP contribution is -2.25. The second-order valence-corrected chi connectivity index (χ2v) is 9.36. The van der Waals surface area contributed by atoms with Crippen molar-refractivity contribution in [3.63, 3.8) is 0 Å². The first-order valence-electron chi connectivity index (χ1n) is 11.5. The standard InChI is InChI=1S/C25H30F3N3O3/c1-16(12-22(32)30(2)3)17-4-6-19(7-5-17)34-20-9-11-31(14-20)21-8-10-29-24(23(21)26)33-15-18-13-25(18,27)28/h4-8,10,16,18,20H,9,11-15H2,1-3H3/t16-,18?,20?/m1/s1. The molecule has 2 aromatic rings. The molecule has 34 heavy (non-hydrogen) atoms. The van der Waals surface area contributed by atoms with E-state index < -0.39 is 17.7 Å². The van der Waals surface area contributed by atoms with Crippen LogP contribution in [0.4, 0.5) is 18.9 Å². The second kappa shape index (κ2) is 9.72. The highest BCUT2D eigenvalue weighted by atomic mass is 19.3. The largest absolute Gasteiger partial charge is 0.489 e. The summed E-state index contributed by atoms with van der Waals surface area (Å²) in [4.78, 5) is 19.2. The minimum atomic E-state index is -2.71. The Balaban J connectivity index is 1.31. The predicted molar refractivity (Wildman–Crippen MR) is 122 cm³/mol. The number of benzene rings is 1. The maximum absolute atomic E-state index is 14.9. The number of aromatic nitrogens is 1. The molecule has 0 radical (unpaired) electrons. The number of hydrogen-bond donors (Lipinski definition) is 0. The molecule has 1 saturated carbocycles. The molecule has 9 heteroatoms. The van der Waals surface area contributed by atoms with E-state index in [4.69, 9.17) is 9.47 Å². The minimum absolute atomic E-state index is 0.0845. The van der Waals surface area contributed by atoms with Crippen molar-refractivity contribution < 1.29 is 27.4 Å². The number of ether oxygens (including phenoxy) is 2. The highest BCUT2D eigenvalue weighted by Crippen LogP contribution is 2.48. The molecule has 6 nitrogen and oxygen atoms in total. The Bertz CT molecular complexity index is 1020. The van der Waals surface area contributed by atoms with E-state index in [1.807, 2.05) is 36.1 Å². The number of hydrogen-bond acceptors (Lipinski definition) is 5. The first-order chi connectivity index (χ1) is 16.1. The summed E-state index contributed by atoms with van der Waals surface area (Å²) in [5, 5.41) is 0. The Labute approximate surface area is 197 Å². The molecule has 1 aromatic carbocycles. The number of pyridine rings is 1. The molecule has 0 bridgehead atoms. The van der Waals surface area contributed by atoms with Crippen LogP contribution in [0.1, 0.15) is 37.7 Å². The SMILES string of the molecule is C[C@H](CC(=O)N(C)C)c1ccc(OC2CCN(c3ccnc(OCC4CC4(F)F)c3F)C2)cc1. The van der Waals surface area contributed by atoms with Crippen molar-refractivity contribution in [3.05, 3.63) is 47.9 Å². The number of halogens is 3. The van der Waals surface area contributed by atoms with Gasteiger partial charge in [-0.1, -0.05) is 19.1 Å². The van der Waals surface area contributed by atoms with Crippen LogP contribution in [0.5, 0.6) is 11.6 Å². The lowest BCUT2D eigenvalue weighted by atomic mass is 9.97. The van der Waals surface area contributed by atoms with E-state index in [0.29, 0.717) is 37.4 Å². The zero-order valence-corrected chi connectivity index (χ0v) is 19.6. The number of amides is 1. The normalized spacial score (nSPS) is 21.8. The summed E-state index contributed by atoms with van der Waals surface area (Å²) in [5.41, 5.74) is 1.39. The maximum atomic E-state index is 14.9. The lowest BCUT2D eigenvalue weighted by molar-refractivity contribution is -0.129. The fourth-order valence-corrected chi connectivity index (χ4v) is 4.06. The van der Waals surface area contributed by atoms with E-state index in [1.54, 1.807) is 25.1 Å². The van der Waals surface area contributed by atoms with Gasteiger partial charge in [-0.25, -0.2) is 13.8 Å². The minimum Gasteiger partial charge on any atom is -0.489 e. The second-order valence-electron chi connectivity index (χ2n) is 9.36. The van der Waals surface area contributed by atoms with E-state index in [2.05, 4.69) is 4.98 Å². The summed E-state index contributed by atoms with van der Waals surface area (Å²) in [5.74, 6) is -3.58. The summed E-state index contributed by atoms with van der Waals surface area (Å²) in [6, 6.07) is 9.26. The van der Waals surface area contributed by atoms with Crippen molar-refractivity contribution in [1.29, 1.82) is 0 Å². The van der Waals surface area contributed by atoms with Crippen LogP contribution in [0, 0.1) is 11.7 Å². The molecule has 2 fully saturated rings. The fraction of sp³-hybridized carbons (Fsp3) is 0.520. The van der Waals surface area contributed by atoms with Crippen molar-refractivity contribution in [3.8, 4) is 11.6 Å². The molecule has 2 heterocycles. The summed E-state index contributed by atoms with van der Waals surface area (Å²) < 4.78 is 52.4. The number of rotatable bonds is 9. The molecular formula is C25H30F3N3O3. The molecule has 1 amide bonds. The zero-order valence-electron chi connectivity index (χ0n) is 19.6. The number of anilines is 1. The van der Waals surface area contributed by atoms with Crippen molar-refractivity contribution in [2.75, 3.05) is 38.7 Å². The van der Waals surface area contributed by atoms with Gasteiger partial charge in [-0.15, -0.1) is 0 Å². The third-order valence-corrected chi connectivity index (χ3v) is 6.43. The highest BCUT2D eigenvalue weighted by molar-refractivity contribution is 5.76. The Kier molecular flexibility index (Phi) is 6.91. The number of carbonyl (C=O) groups is 1. The Morgan fingerprint density at radius 2 is 1.97 bits per heavy atom. The van der Waals surface area contributed by atoms with Gasteiger partial charge in [-0.3, -0.25) is 4.79 Å². The molecule has 2 unspecified atom stereocenters. The van der Waals surface area contributed by atoms with Crippen LogP contribution in [-0.4, -0.2) is 61.6 Å². The van der Waals surface area contributed by atoms with E-state index in [1.165, 1.54) is 6.20 Å². The van der Waals surface area contributed by atoms with Gasteiger partial charge < -0.3 is 19.3 Å². The van der Waals surface area contributed by atoms with Gasteiger partial charge in [-0.2, -0.15) is 4.39 Å². The Morgan fingerprint density at radius 3 is 2.62 bits per heavy atom. The van der Waals surface area contributed by atoms with Crippen LogP contribution in [0.25, 0.3) is 0 Å². The molecule has 1 saturated heterocycles. The average Bonchev–Trinajstić information content (AvgIpc) is 3.16. The van der Waals surface area contributed by atoms with Crippen LogP contribution in [0.15, 0.2) is 36.5 Å². The van der Waals surface area contributed by atoms with Crippen LogP contribution in [0.3, 0.4) is 0 Å². The third kappa shape index (κ3) is 5.56. The molecule has 3 atom stereocenters. The van der Waals surface area contributed by atoms with Crippen LogP contribution in [0.2, 0.25) is 0 Å². The first-order valence-corrected chi connectivity index (χ1v) is 11.5. The number of alkyl halides is 2. The highest BCUT2D eigenvalue weighted by Gasteiger charge is 2.57. The van der Waals surface area contributed by atoms with Gasteiger partial charge in [0.15, 0.2) is 0 Å². The molecule has 1 aliphatic heterocycles. The van der Waals surface area contributed by atoms with Gasteiger partial charge >= 0.3 is 0 Å². The van der Waals surface area contributed by atoms with E-state index in [-0.39, 0.29) is 36.8 Å². The first kappa shape index (κ1) is 24.2. The Hall–Kier alpha value is -2.97. The monoisotopic (exact) mass is 477 g/mol. The lowest BCUT2D eigenvalue weighted by Gasteiger charge is -2.20. The fourth-order valence-electron chi connectivity index (χ4n) is 4.06. The summed E-state index contributed by atoms with van der Waals surface area (Å²) in [7, 11) is 3.50. The zero-order chi connectivity index (χ0) is 24.5. The predicted octanol–water partition coefficient (Wildman–Crippen LogP) is 4.49. The summed E-state index contributed by atoms with van der Waals surface area (Å²) in [6.07, 6.45) is 2.22. The molecule has 1 aromatic heterocycles. The van der Waals surface area contributed by atoms with Crippen molar-refractivity contribution in [1.82, 2.24) is 9.88 Å². The van der Waals surface area contributed by atoms with E-state index >= 15 is 0 Å². The maximum Gasteiger partial charge on any atom is 0.255 e. The van der Waals surface area contributed by atoms with Crippen LogP contribution >= 0.6 is 0 Å². The quantitative estimate of drug-likeness (QED) is 0.533. The van der Waals surface area contributed by atoms with Crippen molar-refractivity contribution in [2.45, 2.75) is 44.1 Å². The molecule has 4 rings (SSSR count). The average molecular weight is 478 g/mol. The number of nitrogens with zero attached hydrogens (tertiary/aromatic N) is 3. The van der Waals surface area contributed by atoms with Crippen molar-refractivity contribution >= 4 is 11.6 Å². The molecular weight excluding hydrogens is 447 g/mol. The van der Waals surface area contributed by atoms with Gasteiger partial charge in [0.2, 0.25) is 11.7 Å². The third-order valence-electron chi connectivity index (χ3n) is 6.43. The number of carbonyl (C=O) groups excluding carboxylic acids is 1. The van der Waals surface area contributed by atoms with E-state index in [9.17, 15) is 18.0 Å². The van der Waals surface area contributed by atoms with Gasteiger partial charge in [0.05, 0.1) is 24.8 Å². The van der Waals surface area contributed by atoms with Gasteiger partial charge in [0.1, 0.15) is 11.9 Å². The molecule has 1 aliphatic carbocycles. The molecule has 2 aliphatic rings. The topological polar surface area (TPSA) is 54.9 Å². The van der Waals surface area contributed by atoms with E-state index in [0.717, 1.165) is 5.56 Å². The van der Waals surface area contributed by atoms with Crippen LogP contribution in [-0.2, 0) is 4.79 Å². The molecule has 0 N–H and O–H groups in total. The molecule has 0 spiro atoms. The molecule has 184 valence electrons. The van der Waals surface area contributed by atoms with Gasteiger partial charge in [0.25, 0.3) is 11.8 Å². The van der Waals surface area contributed by atoms with Gasteiger partial charge in [-0.05, 0) is 29.7 Å². The Morgan fingerprint density at radius 1 is 1.26 bits per heavy atom. The smallest absolute Gasteiger partial charge is 0.255 e.